The Morgan fingerprint density at radius 3 is 1.84 bits per heavy atom. The Labute approximate surface area is 396 Å². The number of rotatable bonds is 7. The summed E-state index contributed by atoms with van der Waals surface area (Å²) in [6.07, 6.45) is 0. The van der Waals surface area contributed by atoms with Crippen molar-refractivity contribution >= 4 is 103 Å². The van der Waals surface area contributed by atoms with Crippen LogP contribution in [0.2, 0.25) is 0 Å². The molecule has 14 aromatic rings. The van der Waals surface area contributed by atoms with Gasteiger partial charge in [0.05, 0.1) is 28.0 Å². The number of para-hydroxylation sites is 4. The Balaban J connectivity index is 1.03. The van der Waals surface area contributed by atoms with Crippen LogP contribution >= 0.6 is 11.3 Å². The quantitative estimate of drug-likeness (QED) is 0.159. The molecule has 14 rings (SSSR count). The number of thiophene rings is 1. The van der Waals surface area contributed by atoms with Gasteiger partial charge in [-0.1, -0.05) is 164 Å². The summed E-state index contributed by atoms with van der Waals surface area (Å²) in [5.41, 5.74) is 15.0. The summed E-state index contributed by atoms with van der Waals surface area (Å²) < 4.78 is 12.1. The molecule has 0 spiro atoms. The van der Waals surface area contributed by atoms with E-state index in [9.17, 15) is 0 Å². The zero-order valence-electron chi connectivity index (χ0n) is 36.8. The van der Waals surface area contributed by atoms with Gasteiger partial charge in [-0.25, -0.2) is 0 Å². The van der Waals surface area contributed by atoms with Crippen molar-refractivity contribution in [3.8, 4) is 39.1 Å². The third kappa shape index (κ3) is 6.05. The molecular weight excluding hydrogens is 845 g/mol. The monoisotopic (exact) mass is 884 g/mol. The molecule has 3 aromatic heterocycles. The summed E-state index contributed by atoms with van der Waals surface area (Å²) in [5.74, 6) is 0. The van der Waals surface area contributed by atoms with E-state index < -0.39 is 0 Å². The Morgan fingerprint density at radius 2 is 1.00 bits per heavy atom. The molecule has 0 bridgehead atoms. The van der Waals surface area contributed by atoms with Crippen molar-refractivity contribution < 1.29 is 4.42 Å². The number of fused-ring (bicyclic) bond motifs is 10. The van der Waals surface area contributed by atoms with Gasteiger partial charge in [0, 0.05) is 58.7 Å². The summed E-state index contributed by atoms with van der Waals surface area (Å²) in [4.78, 5) is 2.43. The number of furan rings is 1. The smallest absolute Gasteiger partial charge is 0.145 e. The number of aromatic nitrogens is 1. The lowest BCUT2D eigenvalue weighted by Gasteiger charge is -2.29. The fourth-order valence-electron chi connectivity index (χ4n) is 10.7. The number of anilines is 3. The van der Waals surface area contributed by atoms with Gasteiger partial charge in [-0.05, 0) is 112 Å². The molecule has 68 heavy (non-hydrogen) atoms. The predicted octanol–water partition coefficient (Wildman–Crippen LogP) is 18.7. The van der Waals surface area contributed by atoms with Gasteiger partial charge in [-0.3, -0.25) is 0 Å². The molecule has 0 unspecified atom stereocenters. The number of hydrogen-bond donors (Lipinski definition) is 0. The molecular formula is C64H40N2OS. The zero-order chi connectivity index (χ0) is 44.7. The Kier molecular flexibility index (Phi) is 8.76. The first-order valence-corrected chi connectivity index (χ1v) is 24.0. The number of nitrogens with zero attached hydrogens (tertiary/aromatic N) is 2. The van der Waals surface area contributed by atoms with Crippen molar-refractivity contribution in [2.24, 2.45) is 0 Å². The Bertz CT molecular complexity index is 4230. The average molecular weight is 885 g/mol. The van der Waals surface area contributed by atoms with E-state index in [1.54, 1.807) is 0 Å². The fraction of sp³-hybridized carbons (Fsp3) is 0. The molecule has 11 aromatic carbocycles. The first kappa shape index (κ1) is 38.6. The molecule has 0 aliphatic carbocycles. The van der Waals surface area contributed by atoms with E-state index in [1.165, 1.54) is 58.4 Å². The first-order chi connectivity index (χ1) is 33.7. The molecule has 0 atom stereocenters. The van der Waals surface area contributed by atoms with E-state index in [0.717, 1.165) is 72.4 Å². The van der Waals surface area contributed by atoms with Crippen LogP contribution in [0.15, 0.2) is 247 Å². The van der Waals surface area contributed by atoms with Gasteiger partial charge >= 0.3 is 0 Å². The van der Waals surface area contributed by atoms with Gasteiger partial charge < -0.3 is 13.9 Å². The molecule has 0 amide bonds. The van der Waals surface area contributed by atoms with Gasteiger partial charge in [0.25, 0.3) is 0 Å². The van der Waals surface area contributed by atoms with Crippen LogP contribution in [0.3, 0.4) is 0 Å². The summed E-state index contributed by atoms with van der Waals surface area (Å²) >= 11 is 1.85. The van der Waals surface area contributed by atoms with Gasteiger partial charge in [0.15, 0.2) is 0 Å². The largest absolute Gasteiger partial charge is 0.455 e. The van der Waals surface area contributed by atoms with Gasteiger partial charge in [-0.15, -0.1) is 11.3 Å². The summed E-state index contributed by atoms with van der Waals surface area (Å²) in [6, 6.07) is 88.3. The van der Waals surface area contributed by atoms with Crippen LogP contribution in [0.25, 0.3) is 114 Å². The Hall–Kier alpha value is -8.70. The van der Waals surface area contributed by atoms with Crippen molar-refractivity contribution in [3.05, 3.63) is 243 Å². The lowest BCUT2D eigenvalue weighted by Crippen LogP contribution is -2.12. The summed E-state index contributed by atoms with van der Waals surface area (Å²) in [6.45, 7) is 0. The highest BCUT2D eigenvalue weighted by atomic mass is 32.1. The molecule has 0 fully saturated rings. The van der Waals surface area contributed by atoms with E-state index in [2.05, 4.69) is 252 Å². The van der Waals surface area contributed by atoms with Crippen molar-refractivity contribution in [3.63, 3.8) is 0 Å². The van der Waals surface area contributed by atoms with Crippen LogP contribution in [0, 0.1) is 0 Å². The maximum atomic E-state index is 7.09. The molecule has 0 N–H and O–H groups in total. The standard InChI is InChI=1S/C64H40N2OS/c1-2-19-47-42(15-1)16-14-25-48(47)44-17-13-18-46(39-44)65(45-34-31-41(32-35-45)43-33-38-62-55(40-43)52-23-7-12-30-61(52)68-62)59-37-36-53-51-22-6-11-29-60(51)67-64(53)63(59)54-24-5-10-28-58(54)66-56-26-8-3-20-49(56)50-21-4-9-27-57(50)66/h1-40H. The zero-order valence-corrected chi connectivity index (χ0v) is 37.6. The van der Waals surface area contributed by atoms with Crippen LogP contribution < -0.4 is 4.90 Å². The molecule has 0 aliphatic rings. The topological polar surface area (TPSA) is 21.3 Å². The second-order valence-electron chi connectivity index (χ2n) is 17.6. The highest BCUT2D eigenvalue weighted by molar-refractivity contribution is 7.25. The second kappa shape index (κ2) is 15.5. The molecule has 4 heteroatoms. The normalized spacial score (nSPS) is 11.8. The molecule has 3 heterocycles. The maximum absolute atomic E-state index is 7.09. The van der Waals surface area contributed by atoms with Crippen molar-refractivity contribution in [1.82, 2.24) is 4.57 Å². The molecule has 0 saturated carbocycles. The van der Waals surface area contributed by atoms with E-state index in [-0.39, 0.29) is 0 Å². The highest BCUT2D eigenvalue weighted by Crippen LogP contribution is 2.50. The van der Waals surface area contributed by atoms with Crippen LogP contribution in [0.1, 0.15) is 0 Å². The number of hydrogen-bond acceptors (Lipinski definition) is 3. The molecule has 0 aliphatic heterocycles. The Morgan fingerprint density at radius 1 is 0.368 bits per heavy atom. The van der Waals surface area contributed by atoms with Gasteiger partial charge in [-0.2, -0.15) is 0 Å². The van der Waals surface area contributed by atoms with Crippen molar-refractivity contribution in [1.29, 1.82) is 0 Å². The van der Waals surface area contributed by atoms with Crippen LogP contribution in [-0.2, 0) is 0 Å². The average Bonchev–Trinajstić information content (AvgIpc) is 4.08. The predicted molar refractivity (Wildman–Crippen MR) is 289 cm³/mol. The number of benzene rings is 11. The van der Waals surface area contributed by atoms with E-state index in [4.69, 9.17) is 4.42 Å². The highest BCUT2D eigenvalue weighted by Gasteiger charge is 2.26. The van der Waals surface area contributed by atoms with Crippen molar-refractivity contribution in [2.45, 2.75) is 0 Å². The lowest BCUT2D eigenvalue weighted by molar-refractivity contribution is 0.670. The maximum Gasteiger partial charge on any atom is 0.145 e. The van der Waals surface area contributed by atoms with Crippen LogP contribution in [0.5, 0.6) is 0 Å². The minimum atomic E-state index is 0.847. The van der Waals surface area contributed by atoms with Crippen LogP contribution in [0.4, 0.5) is 17.1 Å². The first-order valence-electron chi connectivity index (χ1n) is 23.2. The summed E-state index contributed by atoms with van der Waals surface area (Å²) in [7, 11) is 0. The van der Waals surface area contributed by atoms with E-state index in [1.807, 2.05) is 11.3 Å². The van der Waals surface area contributed by atoms with Crippen molar-refractivity contribution in [2.75, 3.05) is 4.90 Å². The second-order valence-corrected chi connectivity index (χ2v) is 18.7. The minimum Gasteiger partial charge on any atom is -0.455 e. The molecule has 318 valence electrons. The SMILES string of the molecule is c1cc(-c2cccc3ccccc23)cc(N(c2ccc(-c3ccc4sc5ccccc5c4c3)cc2)c2ccc3c(oc4ccccc43)c2-c2ccccc2-n2c3ccccc3c3ccccc32)c1. The van der Waals surface area contributed by atoms with Gasteiger partial charge in [0.2, 0.25) is 0 Å². The third-order valence-corrected chi connectivity index (χ3v) is 15.0. The van der Waals surface area contributed by atoms with Crippen LogP contribution in [-0.4, -0.2) is 4.57 Å². The third-order valence-electron chi connectivity index (χ3n) is 13.8. The molecule has 0 saturated heterocycles. The fourth-order valence-corrected chi connectivity index (χ4v) is 11.8. The minimum absolute atomic E-state index is 0.847. The molecule has 3 nitrogen and oxygen atoms in total. The van der Waals surface area contributed by atoms with E-state index >= 15 is 0 Å². The van der Waals surface area contributed by atoms with Gasteiger partial charge in [0.1, 0.15) is 11.2 Å². The summed E-state index contributed by atoms with van der Waals surface area (Å²) in [5, 5.41) is 9.65. The molecule has 0 radical (unpaired) electrons. The van der Waals surface area contributed by atoms with E-state index in [0.29, 0.717) is 0 Å². The lowest BCUT2D eigenvalue weighted by atomic mass is 9.95.